The molecule has 0 bridgehead atoms. The second-order valence-corrected chi connectivity index (χ2v) is 5.97. The molecule has 0 radical (unpaired) electrons. The topological polar surface area (TPSA) is 44.7 Å². The lowest BCUT2D eigenvalue weighted by Crippen LogP contribution is -2.46. The van der Waals surface area contributed by atoms with Crippen molar-refractivity contribution in [3.8, 4) is 0 Å². The van der Waals surface area contributed by atoms with E-state index in [1.54, 1.807) is 0 Å². The molecule has 4 heteroatoms. The lowest BCUT2D eigenvalue weighted by atomic mass is 9.91. The van der Waals surface area contributed by atoms with Gasteiger partial charge in [0.2, 0.25) is 0 Å². The highest BCUT2D eigenvalue weighted by Crippen LogP contribution is 2.28. The molecule has 0 heterocycles. The van der Waals surface area contributed by atoms with E-state index in [2.05, 4.69) is 24.2 Å². The van der Waals surface area contributed by atoms with Crippen molar-refractivity contribution in [3.63, 3.8) is 0 Å². The van der Waals surface area contributed by atoms with E-state index in [1.165, 1.54) is 12.8 Å². The van der Waals surface area contributed by atoms with Gasteiger partial charge in [-0.1, -0.05) is 6.92 Å². The summed E-state index contributed by atoms with van der Waals surface area (Å²) < 4.78 is 5.64. The zero-order chi connectivity index (χ0) is 14.1. The third-order valence-electron chi connectivity index (χ3n) is 4.37. The number of rotatable bonds is 12. The predicted octanol–water partition coefficient (Wildman–Crippen LogP) is 1.49. The number of nitrogens with one attached hydrogen (secondary N) is 1. The Morgan fingerprint density at radius 1 is 1.37 bits per heavy atom. The highest BCUT2D eigenvalue weighted by molar-refractivity contribution is 4.84. The van der Waals surface area contributed by atoms with Crippen LogP contribution in [-0.2, 0) is 4.74 Å². The summed E-state index contributed by atoms with van der Waals surface area (Å²) in [5.41, 5.74) is -0.0939. The predicted molar refractivity (Wildman–Crippen MR) is 79.4 cm³/mol. The Morgan fingerprint density at radius 3 is 2.63 bits per heavy atom. The Labute approximate surface area is 118 Å². The molecule has 0 aromatic rings. The normalized spacial score (nSPS) is 18.8. The van der Waals surface area contributed by atoms with E-state index in [1.807, 2.05) is 7.05 Å². The molecule has 19 heavy (non-hydrogen) atoms. The second kappa shape index (κ2) is 8.90. The minimum Gasteiger partial charge on any atom is -0.394 e. The van der Waals surface area contributed by atoms with Crippen LogP contribution in [0.4, 0.5) is 0 Å². The maximum atomic E-state index is 9.48. The highest BCUT2D eigenvalue weighted by Gasteiger charge is 2.24. The first-order chi connectivity index (χ1) is 9.15. The number of likely N-dealkylation sites (N-methyl/N-ethyl adjacent to an activating group) is 2. The summed E-state index contributed by atoms with van der Waals surface area (Å²) in [6.07, 6.45) is 5.81. The molecule has 1 rings (SSSR count). The Balaban J connectivity index is 2.02. The lowest BCUT2D eigenvalue weighted by Gasteiger charge is -2.31. The van der Waals surface area contributed by atoms with Crippen molar-refractivity contribution in [1.82, 2.24) is 10.2 Å². The number of hydrogen-bond donors (Lipinski definition) is 2. The van der Waals surface area contributed by atoms with Gasteiger partial charge in [-0.25, -0.2) is 0 Å². The summed E-state index contributed by atoms with van der Waals surface area (Å²) in [6.45, 7) is 6.21. The van der Waals surface area contributed by atoms with Crippen molar-refractivity contribution in [2.75, 3.05) is 47.0 Å². The fourth-order valence-corrected chi connectivity index (χ4v) is 2.30. The third-order valence-corrected chi connectivity index (χ3v) is 4.37. The number of hydrogen-bond acceptors (Lipinski definition) is 4. The summed E-state index contributed by atoms with van der Waals surface area (Å²) in [6, 6.07) is 0. The van der Waals surface area contributed by atoms with E-state index < -0.39 is 0 Å². The molecular formula is C15H32N2O2. The van der Waals surface area contributed by atoms with E-state index in [4.69, 9.17) is 4.74 Å². The van der Waals surface area contributed by atoms with Crippen molar-refractivity contribution in [2.45, 2.75) is 44.6 Å². The van der Waals surface area contributed by atoms with Crippen molar-refractivity contribution < 1.29 is 9.84 Å². The quantitative estimate of drug-likeness (QED) is 0.528. The molecule has 0 aliphatic heterocycles. The molecule has 0 aromatic heterocycles. The average Bonchev–Trinajstić information content (AvgIpc) is 3.24. The van der Waals surface area contributed by atoms with Gasteiger partial charge in [0.25, 0.3) is 0 Å². The van der Waals surface area contributed by atoms with Crippen LogP contribution in [0.1, 0.15) is 39.0 Å². The van der Waals surface area contributed by atoms with Crippen molar-refractivity contribution in [2.24, 2.45) is 5.92 Å². The van der Waals surface area contributed by atoms with E-state index in [-0.39, 0.29) is 12.1 Å². The van der Waals surface area contributed by atoms with Gasteiger partial charge in [-0.15, -0.1) is 0 Å². The zero-order valence-corrected chi connectivity index (χ0v) is 13.0. The van der Waals surface area contributed by atoms with Gasteiger partial charge in [0.05, 0.1) is 13.2 Å². The van der Waals surface area contributed by atoms with Crippen LogP contribution in [0.15, 0.2) is 0 Å². The molecule has 114 valence electrons. The molecule has 1 unspecified atom stereocenters. The fraction of sp³-hybridized carbons (Fsp3) is 1.00. The summed E-state index contributed by atoms with van der Waals surface area (Å²) in [7, 11) is 4.08. The second-order valence-electron chi connectivity index (χ2n) is 5.97. The van der Waals surface area contributed by atoms with E-state index >= 15 is 0 Å². The van der Waals surface area contributed by atoms with Crippen molar-refractivity contribution in [1.29, 1.82) is 0 Å². The molecule has 1 aliphatic carbocycles. The summed E-state index contributed by atoms with van der Waals surface area (Å²) in [5, 5.41) is 12.7. The maximum absolute atomic E-state index is 9.48. The average molecular weight is 272 g/mol. The van der Waals surface area contributed by atoms with Gasteiger partial charge in [-0.3, -0.25) is 0 Å². The monoisotopic (exact) mass is 272 g/mol. The zero-order valence-electron chi connectivity index (χ0n) is 13.0. The van der Waals surface area contributed by atoms with E-state index in [9.17, 15) is 5.11 Å². The SMILES string of the molecule is CCC(CO)(CCCN(C)CCOCC1CC1)NC. The minimum atomic E-state index is -0.0939. The van der Waals surface area contributed by atoms with Gasteiger partial charge >= 0.3 is 0 Å². The van der Waals surface area contributed by atoms with Crippen LogP contribution in [0.25, 0.3) is 0 Å². The third kappa shape index (κ3) is 6.70. The minimum absolute atomic E-state index is 0.0939. The molecule has 0 spiro atoms. The Kier molecular flexibility index (Phi) is 7.91. The maximum Gasteiger partial charge on any atom is 0.0613 e. The molecule has 1 atom stereocenters. The van der Waals surface area contributed by atoms with E-state index in [0.29, 0.717) is 0 Å². The number of aliphatic hydroxyl groups is 1. The molecule has 0 amide bonds. The largest absolute Gasteiger partial charge is 0.394 e. The molecule has 0 saturated heterocycles. The number of aliphatic hydroxyl groups excluding tert-OH is 1. The van der Waals surface area contributed by atoms with Gasteiger partial charge in [-0.2, -0.15) is 0 Å². The molecule has 1 saturated carbocycles. The van der Waals surface area contributed by atoms with Crippen LogP contribution >= 0.6 is 0 Å². The van der Waals surface area contributed by atoms with E-state index in [0.717, 1.165) is 51.5 Å². The summed E-state index contributed by atoms with van der Waals surface area (Å²) >= 11 is 0. The smallest absolute Gasteiger partial charge is 0.0613 e. The standard InChI is InChI=1S/C15H32N2O2/c1-4-15(13-18,16-2)8-5-9-17(3)10-11-19-12-14-6-7-14/h14,16,18H,4-13H2,1-3H3. The van der Waals surface area contributed by atoms with Gasteiger partial charge < -0.3 is 20.1 Å². The Morgan fingerprint density at radius 2 is 2.11 bits per heavy atom. The lowest BCUT2D eigenvalue weighted by molar-refractivity contribution is 0.100. The number of ether oxygens (including phenoxy) is 1. The molecule has 4 nitrogen and oxygen atoms in total. The first kappa shape index (κ1) is 16.9. The van der Waals surface area contributed by atoms with Crippen LogP contribution in [0.2, 0.25) is 0 Å². The Bertz CT molecular complexity index is 220. The first-order valence-electron chi connectivity index (χ1n) is 7.72. The van der Waals surface area contributed by atoms with Crippen LogP contribution in [-0.4, -0.2) is 62.6 Å². The molecule has 0 aromatic carbocycles. The Hall–Kier alpha value is -0.160. The molecule has 2 N–H and O–H groups in total. The van der Waals surface area contributed by atoms with Crippen LogP contribution in [0, 0.1) is 5.92 Å². The molecule has 1 aliphatic rings. The van der Waals surface area contributed by atoms with Gasteiger partial charge in [0, 0.05) is 18.7 Å². The summed E-state index contributed by atoms with van der Waals surface area (Å²) in [5.74, 6) is 0.857. The highest BCUT2D eigenvalue weighted by atomic mass is 16.5. The van der Waals surface area contributed by atoms with Crippen LogP contribution < -0.4 is 5.32 Å². The van der Waals surface area contributed by atoms with Crippen molar-refractivity contribution in [3.05, 3.63) is 0 Å². The van der Waals surface area contributed by atoms with Crippen LogP contribution in [0.5, 0.6) is 0 Å². The van der Waals surface area contributed by atoms with Crippen molar-refractivity contribution >= 4 is 0 Å². The number of nitrogens with zero attached hydrogens (tertiary/aromatic N) is 1. The molecule has 1 fully saturated rings. The van der Waals surface area contributed by atoms with Gasteiger partial charge in [0.1, 0.15) is 0 Å². The van der Waals surface area contributed by atoms with Gasteiger partial charge in [-0.05, 0) is 58.7 Å². The summed E-state index contributed by atoms with van der Waals surface area (Å²) in [4.78, 5) is 2.32. The van der Waals surface area contributed by atoms with Gasteiger partial charge in [0.15, 0.2) is 0 Å². The first-order valence-corrected chi connectivity index (χ1v) is 7.72. The fourth-order valence-electron chi connectivity index (χ4n) is 2.30. The molecular weight excluding hydrogens is 240 g/mol. The van der Waals surface area contributed by atoms with Crippen LogP contribution in [0.3, 0.4) is 0 Å².